The molecule has 154 valence electrons. The van der Waals surface area contributed by atoms with Gasteiger partial charge in [-0.15, -0.1) is 0 Å². The molecule has 1 amide bonds. The van der Waals surface area contributed by atoms with Crippen molar-refractivity contribution in [2.75, 3.05) is 14.2 Å². The zero-order chi connectivity index (χ0) is 20.8. The number of rotatable bonds is 8. The summed E-state index contributed by atoms with van der Waals surface area (Å²) >= 11 is 0. The molecule has 1 atom stereocenters. The number of ether oxygens (including phenoxy) is 2. The molecule has 0 aliphatic heterocycles. The Balaban J connectivity index is 1.80. The minimum atomic E-state index is -1.04. The first-order valence-electron chi connectivity index (χ1n) is 9.88. The Hall–Kier alpha value is -3.02. The van der Waals surface area contributed by atoms with Gasteiger partial charge >= 0.3 is 5.97 Å². The summed E-state index contributed by atoms with van der Waals surface area (Å²) in [5, 5.41) is 9.69. The van der Waals surface area contributed by atoms with Crippen LogP contribution in [0.3, 0.4) is 0 Å². The lowest BCUT2D eigenvalue weighted by Gasteiger charge is -2.25. The summed E-state index contributed by atoms with van der Waals surface area (Å²) in [4.78, 5) is 26.2. The number of amides is 1. The number of likely N-dealkylation sites (N-methyl/N-ethyl adjacent to an activating group) is 1. The van der Waals surface area contributed by atoms with Crippen molar-refractivity contribution in [1.82, 2.24) is 4.90 Å². The number of carbonyl (C=O) groups is 2. The second kappa shape index (κ2) is 9.45. The third-order valence-electron chi connectivity index (χ3n) is 5.35. The van der Waals surface area contributed by atoms with E-state index in [1.807, 2.05) is 30.3 Å². The molecule has 3 rings (SSSR count). The number of hydrogen-bond acceptors (Lipinski definition) is 4. The summed E-state index contributed by atoms with van der Waals surface area (Å²) in [6.45, 7) is 0. The van der Waals surface area contributed by atoms with Crippen LogP contribution in [0.15, 0.2) is 48.5 Å². The molecule has 1 unspecified atom stereocenters. The van der Waals surface area contributed by atoms with Gasteiger partial charge in [0.1, 0.15) is 6.04 Å². The van der Waals surface area contributed by atoms with Crippen LogP contribution in [-0.2, 0) is 11.2 Å². The smallest absolute Gasteiger partial charge is 0.326 e. The zero-order valence-corrected chi connectivity index (χ0v) is 16.8. The summed E-state index contributed by atoms with van der Waals surface area (Å²) in [6, 6.07) is 13.3. The summed E-state index contributed by atoms with van der Waals surface area (Å²) in [6.07, 6.45) is 4.60. The standard InChI is InChI=1S/C23H27NO5/c1-24(19(23(26)27)14-16-8-4-3-5-9-16)22(25)17-12-13-20(28-2)21(15-17)29-18-10-6-7-11-18/h3-5,8-9,12-13,15,18-19H,6-7,10-11,14H2,1-2H3,(H,26,27). The first kappa shape index (κ1) is 20.7. The van der Waals surface area contributed by atoms with Crippen LogP contribution in [0.2, 0.25) is 0 Å². The molecule has 1 aliphatic rings. The minimum absolute atomic E-state index is 0.122. The van der Waals surface area contributed by atoms with Crippen molar-refractivity contribution in [3.8, 4) is 11.5 Å². The Morgan fingerprint density at radius 3 is 2.41 bits per heavy atom. The van der Waals surface area contributed by atoms with Crippen LogP contribution < -0.4 is 9.47 Å². The van der Waals surface area contributed by atoms with E-state index in [2.05, 4.69) is 0 Å². The topological polar surface area (TPSA) is 76.1 Å². The van der Waals surface area contributed by atoms with E-state index >= 15 is 0 Å². The monoisotopic (exact) mass is 397 g/mol. The maximum Gasteiger partial charge on any atom is 0.326 e. The van der Waals surface area contributed by atoms with E-state index in [0.717, 1.165) is 31.2 Å². The van der Waals surface area contributed by atoms with E-state index in [-0.39, 0.29) is 18.4 Å². The van der Waals surface area contributed by atoms with E-state index < -0.39 is 12.0 Å². The number of methoxy groups -OCH3 is 1. The molecule has 6 heteroatoms. The third-order valence-corrected chi connectivity index (χ3v) is 5.35. The minimum Gasteiger partial charge on any atom is -0.493 e. The van der Waals surface area contributed by atoms with Gasteiger partial charge in [-0.1, -0.05) is 30.3 Å². The molecule has 0 radical (unpaired) electrons. The normalized spacial score (nSPS) is 15.0. The summed E-state index contributed by atoms with van der Waals surface area (Å²) in [5.74, 6) is -0.323. The van der Waals surface area contributed by atoms with Gasteiger partial charge < -0.3 is 19.5 Å². The van der Waals surface area contributed by atoms with Crippen molar-refractivity contribution in [2.24, 2.45) is 0 Å². The van der Waals surface area contributed by atoms with Gasteiger partial charge in [-0.05, 0) is 49.4 Å². The Kier molecular flexibility index (Phi) is 6.75. The molecule has 29 heavy (non-hydrogen) atoms. The van der Waals surface area contributed by atoms with Gasteiger partial charge in [-0.2, -0.15) is 0 Å². The van der Waals surface area contributed by atoms with Gasteiger partial charge in [0.05, 0.1) is 13.2 Å². The maximum absolute atomic E-state index is 13.0. The van der Waals surface area contributed by atoms with Gasteiger partial charge in [0.2, 0.25) is 0 Å². The molecule has 1 saturated carbocycles. The maximum atomic E-state index is 13.0. The number of nitrogens with zero attached hydrogens (tertiary/aromatic N) is 1. The number of benzene rings is 2. The number of carbonyl (C=O) groups excluding carboxylic acids is 1. The quantitative estimate of drug-likeness (QED) is 0.734. The Labute approximate surface area is 171 Å². The molecule has 2 aromatic rings. The molecule has 6 nitrogen and oxygen atoms in total. The Morgan fingerprint density at radius 1 is 1.10 bits per heavy atom. The van der Waals surface area contributed by atoms with Gasteiger partial charge in [0.15, 0.2) is 11.5 Å². The largest absolute Gasteiger partial charge is 0.493 e. The fourth-order valence-corrected chi connectivity index (χ4v) is 3.66. The number of carboxylic acids is 1. The van der Waals surface area contributed by atoms with Crippen LogP contribution in [0.4, 0.5) is 0 Å². The summed E-state index contributed by atoms with van der Waals surface area (Å²) in [7, 11) is 3.08. The zero-order valence-electron chi connectivity index (χ0n) is 16.8. The third kappa shape index (κ3) is 5.08. The highest BCUT2D eigenvalue weighted by atomic mass is 16.5. The van der Waals surface area contributed by atoms with Gasteiger partial charge in [-0.3, -0.25) is 4.79 Å². The molecule has 1 N–H and O–H groups in total. The molecule has 1 fully saturated rings. The summed E-state index contributed by atoms with van der Waals surface area (Å²) in [5.41, 5.74) is 1.24. The predicted octanol–water partition coefficient (Wildman–Crippen LogP) is 3.78. The highest BCUT2D eigenvalue weighted by Crippen LogP contribution is 2.33. The molecular weight excluding hydrogens is 370 g/mol. The van der Waals surface area contributed by atoms with Crippen molar-refractivity contribution in [1.29, 1.82) is 0 Å². The second-order valence-electron chi connectivity index (χ2n) is 7.35. The van der Waals surface area contributed by atoms with Crippen molar-refractivity contribution < 1.29 is 24.2 Å². The van der Waals surface area contributed by atoms with E-state index in [0.29, 0.717) is 17.1 Å². The van der Waals surface area contributed by atoms with Gasteiger partial charge in [0, 0.05) is 19.0 Å². The van der Waals surface area contributed by atoms with Crippen LogP contribution in [0.25, 0.3) is 0 Å². The predicted molar refractivity (Wildman–Crippen MR) is 110 cm³/mol. The fourth-order valence-electron chi connectivity index (χ4n) is 3.66. The van der Waals surface area contributed by atoms with Crippen molar-refractivity contribution in [2.45, 2.75) is 44.2 Å². The lowest BCUT2D eigenvalue weighted by Crippen LogP contribution is -2.43. The first-order chi connectivity index (χ1) is 14.0. The molecule has 0 spiro atoms. The van der Waals surface area contributed by atoms with E-state index in [9.17, 15) is 14.7 Å². The first-order valence-corrected chi connectivity index (χ1v) is 9.88. The summed E-state index contributed by atoms with van der Waals surface area (Å²) < 4.78 is 11.4. The van der Waals surface area contributed by atoms with E-state index in [1.54, 1.807) is 25.3 Å². The van der Waals surface area contributed by atoms with Crippen LogP contribution in [0, 0.1) is 0 Å². The van der Waals surface area contributed by atoms with Gasteiger partial charge in [0.25, 0.3) is 5.91 Å². The van der Waals surface area contributed by atoms with Crippen LogP contribution in [0.5, 0.6) is 11.5 Å². The van der Waals surface area contributed by atoms with Crippen molar-refractivity contribution in [3.05, 3.63) is 59.7 Å². The molecule has 0 aromatic heterocycles. The van der Waals surface area contributed by atoms with Gasteiger partial charge in [-0.25, -0.2) is 4.79 Å². The molecule has 0 heterocycles. The van der Waals surface area contributed by atoms with Crippen molar-refractivity contribution in [3.63, 3.8) is 0 Å². The molecule has 1 aliphatic carbocycles. The molecule has 2 aromatic carbocycles. The van der Waals surface area contributed by atoms with Crippen LogP contribution in [-0.4, -0.2) is 48.2 Å². The number of hydrogen-bond donors (Lipinski definition) is 1. The fraction of sp³-hybridized carbons (Fsp3) is 0.391. The number of aliphatic carboxylic acids is 1. The Bertz CT molecular complexity index is 846. The van der Waals surface area contributed by atoms with Crippen LogP contribution >= 0.6 is 0 Å². The lowest BCUT2D eigenvalue weighted by molar-refractivity contribution is -0.141. The molecular formula is C23H27NO5. The van der Waals surface area contributed by atoms with E-state index in [4.69, 9.17) is 9.47 Å². The lowest BCUT2D eigenvalue weighted by atomic mass is 10.0. The SMILES string of the molecule is COc1ccc(C(=O)N(C)C(Cc2ccccc2)C(=O)O)cc1OC1CCCC1. The highest BCUT2D eigenvalue weighted by molar-refractivity contribution is 5.97. The average molecular weight is 397 g/mol. The molecule has 0 bridgehead atoms. The highest BCUT2D eigenvalue weighted by Gasteiger charge is 2.28. The van der Waals surface area contributed by atoms with Crippen molar-refractivity contribution >= 4 is 11.9 Å². The number of carboxylic acid groups (broad SMARTS) is 1. The average Bonchev–Trinajstić information content (AvgIpc) is 3.24. The second-order valence-corrected chi connectivity index (χ2v) is 7.35. The van der Waals surface area contributed by atoms with E-state index in [1.165, 1.54) is 11.9 Å². The Morgan fingerprint density at radius 2 is 1.79 bits per heavy atom. The van der Waals surface area contributed by atoms with Crippen LogP contribution in [0.1, 0.15) is 41.6 Å². The molecule has 0 saturated heterocycles.